The molecular formula is C17H27N7. The van der Waals surface area contributed by atoms with Crippen molar-refractivity contribution >= 4 is 5.82 Å². The zero-order valence-corrected chi connectivity index (χ0v) is 15.0. The average molecular weight is 329 g/mol. The molecule has 0 aliphatic carbocycles. The second-order valence-corrected chi connectivity index (χ2v) is 6.55. The van der Waals surface area contributed by atoms with Crippen LogP contribution >= 0.6 is 0 Å². The Morgan fingerprint density at radius 1 is 1.29 bits per heavy atom. The van der Waals surface area contributed by atoms with Gasteiger partial charge >= 0.3 is 0 Å². The Morgan fingerprint density at radius 2 is 2.04 bits per heavy atom. The van der Waals surface area contributed by atoms with Crippen molar-refractivity contribution in [2.24, 2.45) is 0 Å². The highest BCUT2D eigenvalue weighted by atomic mass is 15.2. The molecule has 0 saturated carbocycles. The highest BCUT2D eigenvalue weighted by molar-refractivity contribution is 5.46. The molecule has 0 amide bonds. The average Bonchev–Trinajstić information content (AvgIpc) is 3.02. The summed E-state index contributed by atoms with van der Waals surface area (Å²) in [5.74, 6) is 3.66. The summed E-state index contributed by atoms with van der Waals surface area (Å²) in [6.45, 7) is 10.2. The third-order valence-electron chi connectivity index (χ3n) is 4.63. The lowest BCUT2D eigenvalue weighted by Gasteiger charge is -2.35. The third-order valence-corrected chi connectivity index (χ3v) is 4.63. The Kier molecular flexibility index (Phi) is 5.08. The van der Waals surface area contributed by atoms with Crippen LogP contribution in [0.25, 0.3) is 0 Å². The molecule has 0 aromatic carbocycles. The number of aromatic nitrogens is 5. The fourth-order valence-corrected chi connectivity index (χ4v) is 3.25. The van der Waals surface area contributed by atoms with Crippen LogP contribution in [0.1, 0.15) is 55.8 Å². The second-order valence-electron chi connectivity index (χ2n) is 6.55. The smallest absolute Gasteiger partial charge is 0.167 e. The molecule has 0 unspecified atom stereocenters. The standard InChI is InChI=1S/C17H27N7/c1-5-14-10-18-12(3)21-17(14)24-8-6-15(7-9-24)19-11(2)16-20-13(4)22-23-16/h10-11,15,19H,5-9H2,1-4H3,(H,20,22,23)/t11-/m0/s1. The van der Waals surface area contributed by atoms with E-state index in [-0.39, 0.29) is 6.04 Å². The molecule has 0 spiro atoms. The predicted molar refractivity (Wildman–Crippen MR) is 94.1 cm³/mol. The molecule has 3 rings (SSSR count). The quantitative estimate of drug-likeness (QED) is 0.874. The van der Waals surface area contributed by atoms with Crippen LogP contribution in [0.3, 0.4) is 0 Å². The molecule has 2 aromatic rings. The summed E-state index contributed by atoms with van der Waals surface area (Å²) in [5.41, 5.74) is 1.23. The molecule has 0 radical (unpaired) electrons. The topological polar surface area (TPSA) is 82.6 Å². The lowest BCUT2D eigenvalue weighted by molar-refractivity contribution is 0.373. The van der Waals surface area contributed by atoms with Crippen LogP contribution in [-0.2, 0) is 6.42 Å². The molecule has 3 heterocycles. The molecular weight excluding hydrogens is 302 g/mol. The Bertz CT molecular complexity index is 673. The van der Waals surface area contributed by atoms with E-state index >= 15 is 0 Å². The van der Waals surface area contributed by atoms with Crippen LogP contribution in [0.15, 0.2) is 6.20 Å². The molecule has 2 aromatic heterocycles. The molecule has 1 aliphatic heterocycles. The fraction of sp³-hybridized carbons (Fsp3) is 0.647. The first-order valence-electron chi connectivity index (χ1n) is 8.79. The van der Waals surface area contributed by atoms with Gasteiger partial charge in [-0.25, -0.2) is 15.0 Å². The molecule has 1 atom stereocenters. The van der Waals surface area contributed by atoms with Gasteiger partial charge in [-0.3, -0.25) is 5.10 Å². The normalized spacial score (nSPS) is 17.2. The fourth-order valence-electron chi connectivity index (χ4n) is 3.25. The highest BCUT2D eigenvalue weighted by Crippen LogP contribution is 2.23. The van der Waals surface area contributed by atoms with Crippen LogP contribution in [0.5, 0.6) is 0 Å². The van der Waals surface area contributed by atoms with Crippen molar-refractivity contribution in [1.29, 1.82) is 0 Å². The first-order chi connectivity index (χ1) is 11.6. The first-order valence-corrected chi connectivity index (χ1v) is 8.79. The molecule has 130 valence electrons. The van der Waals surface area contributed by atoms with Gasteiger partial charge in [-0.05, 0) is 40.0 Å². The number of anilines is 1. The minimum Gasteiger partial charge on any atom is -0.356 e. The van der Waals surface area contributed by atoms with E-state index in [2.05, 4.69) is 49.2 Å². The van der Waals surface area contributed by atoms with Crippen LogP contribution in [0.2, 0.25) is 0 Å². The third kappa shape index (κ3) is 3.72. The summed E-state index contributed by atoms with van der Waals surface area (Å²) in [4.78, 5) is 15.8. The van der Waals surface area contributed by atoms with Crippen molar-refractivity contribution in [3.05, 3.63) is 29.2 Å². The number of nitrogens with zero attached hydrogens (tertiary/aromatic N) is 5. The maximum atomic E-state index is 4.67. The first kappa shape index (κ1) is 16.8. The predicted octanol–water partition coefficient (Wildman–Crippen LogP) is 2.09. The van der Waals surface area contributed by atoms with Gasteiger partial charge in [0, 0.05) is 30.9 Å². The summed E-state index contributed by atoms with van der Waals surface area (Å²) in [6.07, 6.45) is 5.13. The summed E-state index contributed by atoms with van der Waals surface area (Å²) in [7, 11) is 0. The molecule has 7 nitrogen and oxygen atoms in total. The second kappa shape index (κ2) is 7.25. The van der Waals surface area contributed by atoms with Crippen LogP contribution in [0.4, 0.5) is 5.82 Å². The minimum atomic E-state index is 0.166. The van der Waals surface area contributed by atoms with Gasteiger partial charge < -0.3 is 10.2 Å². The maximum Gasteiger partial charge on any atom is 0.167 e. The van der Waals surface area contributed by atoms with E-state index in [9.17, 15) is 0 Å². The number of rotatable bonds is 5. The van der Waals surface area contributed by atoms with Gasteiger partial charge in [0.2, 0.25) is 0 Å². The Balaban J connectivity index is 1.59. The Hall–Kier alpha value is -2.02. The Morgan fingerprint density at radius 3 is 2.67 bits per heavy atom. The van der Waals surface area contributed by atoms with Gasteiger partial charge in [0.15, 0.2) is 5.82 Å². The number of aryl methyl sites for hydroxylation is 3. The van der Waals surface area contributed by atoms with Crippen LogP contribution in [0, 0.1) is 13.8 Å². The van der Waals surface area contributed by atoms with E-state index in [1.807, 2.05) is 20.0 Å². The van der Waals surface area contributed by atoms with Gasteiger partial charge in [0.05, 0.1) is 6.04 Å². The number of hydrogen-bond acceptors (Lipinski definition) is 6. The number of hydrogen-bond donors (Lipinski definition) is 2. The van der Waals surface area contributed by atoms with E-state index in [1.165, 1.54) is 5.56 Å². The lowest BCUT2D eigenvalue weighted by atomic mass is 10.0. The number of piperidine rings is 1. The number of nitrogens with one attached hydrogen (secondary N) is 2. The molecule has 1 aliphatic rings. The zero-order chi connectivity index (χ0) is 17.1. The van der Waals surface area contributed by atoms with Crippen molar-refractivity contribution in [2.45, 2.75) is 59.0 Å². The van der Waals surface area contributed by atoms with E-state index < -0.39 is 0 Å². The van der Waals surface area contributed by atoms with E-state index in [4.69, 9.17) is 0 Å². The van der Waals surface area contributed by atoms with E-state index in [0.29, 0.717) is 6.04 Å². The minimum absolute atomic E-state index is 0.166. The molecule has 2 N–H and O–H groups in total. The van der Waals surface area contributed by atoms with Crippen LogP contribution in [-0.4, -0.2) is 44.3 Å². The van der Waals surface area contributed by atoms with Crippen molar-refractivity contribution in [3.8, 4) is 0 Å². The van der Waals surface area contributed by atoms with Crippen molar-refractivity contribution in [3.63, 3.8) is 0 Å². The Labute approximate surface area is 143 Å². The van der Waals surface area contributed by atoms with Gasteiger partial charge in [-0.2, -0.15) is 5.10 Å². The number of aromatic amines is 1. The highest BCUT2D eigenvalue weighted by Gasteiger charge is 2.24. The van der Waals surface area contributed by atoms with Crippen molar-refractivity contribution in [1.82, 2.24) is 30.5 Å². The SMILES string of the molecule is CCc1cnc(C)nc1N1CCC(N[C@@H](C)c2n[nH]c(C)n2)CC1. The van der Waals surface area contributed by atoms with E-state index in [0.717, 1.165) is 55.6 Å². The monoisotopic (exact) mass is 329 g/mol. The molecule has 1 fully saturated rings. The van der Waals surface area contributed by atoms with Gasteiger partial charge in [0.1, 0.15) is 17.5 Å². The summed E-state index contributed by atoms with van der Waals surface area (Å²) < 4.78 is 0. The van der Waals surface area contributed by atoms with Crippen molar-refractivity contribution in [2.75, 3.05) is 18.0 Å². The molecule has 0 bridgehead atoms. The van der Waals surface area contributed by atoms with Gasteiger partial charge in [0.25, 0.3) is 0 Å². The molecule has 1 saturated heterocycles. The van der Waals surface area contributed by atoms with Gasteiger partial charge in [-0.15, -0.1) is 0 Å². The molecule has 24 heavy (non-hydrogen) atoms. The summed E-state index contributed by atoms with van der Waals surface area (Å²) in [6, 6.07) is 0.655. The molecule has 7 heteroatoms. The summed E-state index contributed by atoms with van der Waals surface area (Å²) >= 11 is 0. The lowest BCUT2D eigenvalue weighted by Crippen LogP contribution is -2.44. The van der Waals surface area contributed by atoms with E-state index in [1.54, 1.807) is 0 Å². The van der Waals surface area contributed by atoms with Crippen LogP contribution < -0.4 is 10.2 Å². The van der Waals surface area contributed by atoms with Crippen molar-refractivity contribution < 1.29 is 0 Å². The zero-order valence-electron chi connectivity index (χ0n) is 15.0. The maximum absolute atomic E-state index is 4.67. The number of H-pyrrole nitrogens is 1. The van der Waals surface area contributed by atoms with Gasteiger partial charge in [-0.1, -0.05) is 6.92 Å². The largest absolute Gasteiger partial charge is 0.356 e. The summed E-state index contributed by atoms with van der Waals surface area (Å²) in [5, 5.41) is 10.8.